The molecule has 346 valence electrons. The number of benzene rings is 4. The Labute approximate surface area is 386 Å². The highest BCUT2D eigenvalue weighted by molar-refractivity contribution is 5.91. The Morgan fingerprint density at radius 3 is 1.88 bits per heavy atom. The quantitative estimate of drug-likeness (QED) is 0.0649. The summed E-state index contributed by atoms with van der Waals surface area (Å²) in [5.74, 6) is 0.708. The molecule has 1 unspecified atom stereocenters. The van der Waals surface area contributed by atoms with Crippen molar-refractivity contribution in [2.75, 3.05) is 47.1 Å². The van der Waals surface area contributed by atoms with Crippen molar-refractivity contribution in [1.82, 2.24) is 40.4 Å². The van der Waals surface area contributed by atoms with Gasteiger partial charge in [0.05, 0.1) is 51.1 Å². The van der Waals surface area contributed by atoms with Gasteiger partial charge in [0.2, 0.25) is 5.91 Å². The minimum Gasteiger partial charge on any atom is -0.453 e. The summed E-state index contributed by atoms with van der Waals surface area (Å²) < 4.78 is 14.5. The molecule has 1 aliphatic rings. The third kappa shape index (κ3) is 13.4. The van der Waals surface area contributed by atoms with Gasteiger partial charge in [-0.3, -0.25) is 9.59 Å². The number of hydrogen-bond acceptors (Lipinski definition) is 9. The summed E-state index contributed by atoms with van der Waals surface area (Å²) in [5.41, 5.74) is 7.16. The lowest BCUT2D eigenvalue weighted by atomic mass is 9.98. The topological polar surface area (TPSA) is 184 Å². The molecule has 6 aromatic rings. The van der Waals surface area contributed by atoms with Crippen LogP contribution in [0.15, 0.2) is 116 Å². The highest BCUT2D eigenvalue weighted by Gasteiger charge is 2.29. The van der Waals surface area contributed by atoms with Crippen molar-refractivity contribution < 1.29 is 33.4 Å². The first-order valence-corrected chi connectivity index (χ1v) is 22.3. The van der Waals surface area contributed by atoms with E-state index in [4.69, 9.17) is 9.47 Å². The fourth-order valence-electron chi connectivity index (χ4n) is 7.44. The molecule has 0 spiro atoms. The van der Waals surface area contributed by atoms with Gasteiger partial charge in [0.15, 0.2) is 0 Å². The Kier molecular flexibility index (Phi) is 17.6. The Bertz CT molecular complexity index is 2540. The average Bonchev–Trinajstić information content (AvgIpc) is 4.05. The van der Waals surface area contributed by atoms with Crippen LogP contribution in [-0.4, -0.2) is 101 Å². The van der Waals surface area contributed by atoms with Crippen LogP contribution in [0.5, 0.6) is 0 Å². The molecule has 0 bridgehead atoms. The SMILES string of the molecule is C1CCOCC1.C=C(CC)CN(Cc1ncc(-c2ccc(-c3ccc4cc(-c5cnc(CN(CCC)C(=O)CNC(=O)OC)[nH]5)ccc4c3)cc2)[nH]1)C(=O)C(NC(=O)OC)c1ccccc1. The number of aromatic nitrogens is 4. The largest absolute Gasteiger partial charge is 0.453 e. The number of fused-ring (bicyclic) bond motifs is 1. The molecule has 0 aliphatic carbocycles. The highest BCUT2D eigenvalue weighted by atomic mass is 16.5. The Balaban J connectivity index is 0.00000111. The number of carbonyl (C=O) groups is 4. The number of imidazole rings is 2. The van der Waals surface area contributed by atoms with Crippen molar-refractivity contribution in [2.24, 2.45) is 0 Å². The van der Waals surface area contributed by atoms with Crippen LogP contribution in [-0.2, 0) is 36.9 Å². The summed E-state index contributed by atoms with van der Waals surface area (Å²) in [5, 5.41) is 7.28. The van der Waals surface area contributed by atoms with Crippen molar-refractivity contribution >= 4 is 34.8 Å². The number of amides is 4. The lowest BCUT2D eigenvalue weighted by Gasteiger charge is -2.28. The zero-order chi connectivity index (χ0) is 46.8. The molecule has 15 nitrogen and oxygen atoms in total. The summed E-state index contributed by atoms with van der Waals surface area (Å²) in [7, 11) is 2.52. The molecule has 66 heavy (non-hydrogen) atoms. The second kappa shape index (κ2) is 24.1. The Hall–Kier alpha value is -7.26. The molecular formula is C51H60N8O7. The van der Waals surface area contributed by atoms with Crippen LogP contribution in [0, 0.1) is 0 Å². The molecule has 1 atom stereocenters. The van der Waals surface area contributed by atoms with Gasteiger partial charge in [0, 0.05) is 31.9 Å². The number of H-pyrrole nitrogens is 2. The molecule has 4 aromatic carbocycles. The second-order valence-corrected chi connectivity index (χ2v) is 16.0. The smallest absolute Gasteiger partial charge is 0.407 e. The monoisotopic (exact) mass is 896 g/mol. The highest BCUT2D eigenvalue weighted by Crippen LogP contribution is 2.30. The first kappa shape index (κ1) is 48.2. The molecule has 1 aliphatic heterocycles. The first-order chi connectivity index (χ1) is 32.1. The second-order valence-electron chi connectivity index (χ2n) is 16.0. The van der Waals surface area contributed by atoms with Crippen LogP contribution >= 0.6 is 0 Å². The average molecular weight is 897 g/mol. The van der Waals surface area contributed by atoms with E-state index in [1.807, 2.05) is 50.2 Å². The number of nitrogens with one attached hydrogen (secondary N) is 4. The zero-order valence-corrected chi connectivity index (χ0v) is 38.2. The number of alkyl carbamates (subject to hydrolysis) is 2. The van der Waals surface area contributed by atoms with E-state index in [0.29, 0.717) is 36.7 Å². The number of carbonyl (C=O) groups excluding carboxylic acids is 4. The van der Waals surface area contributed by atoms with Gasteiger partial charge in [-0.05, 0) is 77.3 Å². The van der Waals surface area contributed by atoms with E-state index in [1.165, 1.54) is 33.5 Å². The van der Waals surface area contributed by atoms with Gasteiger partial charge in [-0.15, -0.1) is 0 Å². The number of methoxy groups -OCH3 is 2. The van der Waals surface area contributed by atoms with E-state index in [-0.39, 0.29) is 31.4 Å². The van der Waals surface area contributed by atoms with E-state index in [0.717, 1.165) is 69.6 Å². The predicted octanol–water partition coefficient (Wildman–Crippen LogP) is 8.96. The van der Waals surface area contributed by atoms with Crippen LogP contribution in [0.25, 0.3) is 44.4 Å². The molecule has 3 heterocycles. The summed E-state index contributed by atoms with van der Waals surface area (Å²) in [6.45, 7) is 11.2. The molecule has 1 fully saturated rings. The maximum atomic E-state index is 14.0. The number of hydrogen-bond donors (Lipinski definition) is 4. The number of ether oxygens (including phenoxy) is 3. The molecular weight excluding hydrogens is 837 g/mol. The molecule has 0 radical (unpaired) electrons. The number of aromatic amines is 2. The minimum atomic E-state index is -0.954. The molecule has 15 heteroatoms. The van der Waals surface area contributed by atoms with Gasteiger partial charge in [-0.2, -0.15) is 0 Å². The van der Waals surface area contributed by atoms with Gasteiger partial charge in [-0.1, -0.05) is 105 Å². The van der Waals surface area contributed by atoms with Crippen molar-refractivity contribution in [2.45, 2.75) is 65.1 Å². The van der Waals surface area contributed by atoms with Crippen molar-refractivity contribution in [1.29, 1.82) is 0 Å². The fraction of sp³-hybridized carbons (Fsp3) is 0.333. The zero-order valence-electron chi connectivity index (χ0n) is 38.2. The first-order valence-electron chi connectivity index (χ1n) is 22.3. The van der Waals surface area contributed by atoms with Crippen molar-refractivity contribution in [3.05, 3.63) is 133 Å². The van der Waals surface area contributed by atoms with Gasteiger partial charge in [-0.25, -0.2) is 19.6 Å². The summed E-state index contributed by atoms with van der Waals surface area (Å²) >= 11 is 0. The Morgan fingerprint density at radius 1 is 0.727 bits per heavy atom. The molecule has 4 amide bonds. The minimum absolute atomic E-state index is 0.153. The van der Waals surface area contributed by atoms with Gasteiger partial charge >= 0.3 is 12.2 Å². The normalized spacial score (nSPS) is 12.5. The van der Waals surface area contributed by atoms with E-state index < -0.39 is 18.2 Å². The Morgan fingerprint density at radius 2 is 1.30 bits per heavy atom. The van der Waals surface area contributed by atoms with Crippen LogP contribution in [0.1, 0.15) is 69.2 Å². The molecule has 7 rings (SSSR count). The van der Waals surface area contributed by atoms with E-state index in [9.17, 15) is 19.2 Å². The van der Waals surface area contributed by atoms with Crippen LogP contribution in [0.2, 0.25) is 0 Å². The van der Waals surface area contributed by atoms with Gasteiger partial charge < -0.3 is 44.6 Å². The van der Waals surface area contributed by atoms with E-state index in [2.05, 4.69) is 84.3 Å². The maximum absolute atomic E-state index is 14.0. The van der Waals surface area contributed by atoms with Crippen molar-refractivity contribution in [3.8, 4) is 33.6 Å². The molecule has 4 N–H and O–H groups in total. The summed E-state index contributed by atoms with van der Waals surface area (Å²) in [4.78, 5) is 69.7. The molecule has 1 saturated heterocycles. The summed E-state index contributed by atoms with van der Waals surface area (Å²) in [6, 6.07) is 28.9. The summed E-state index contributed by atoms with van der Waals surface area (Å²) in [6.07, 6.45) is 7.54. The molecule has 0 saturated carbocycles. The predicted molar refractivity (Wildman–Crippen MR) is 255 cm³/mol. The molecule has 2 aromatic heterocycles. The third-order valence-electron chi connectivity index (χ3n) is 11.2. The van der Waals surface area contributed by atoms with Crippen LogP contribution in [0.4, 0.5) is 9.59 Å². The van der Waals surface area contributed by atoms with E-state index >= 15 is 0 Å². The fourth-order valence-corrected chi connectivity index (χ4v) is 7.44. The van der Waals surface area contributed by atoms with Crippen molar-refractivity contribution in [3.63, 3.8) is 0 Å². The maximum Gasteiger partial charge on any atom is 0.407 e. The van der Waals surface area contributed by atoms with Gasteiger partial charge in [0.1, 0.15) is 24.2 Å². The van der Waals surface area contributed by atoms with Gasteiger partial charge in [0.25, 0.3) is 5.91 Å². The number of rotatable bonds is 17. The van der Waals surface area contributed by atoms with Crippen LogP contribution < -0.4 is 10.6 Å². The number of nitrogens with zero attached hydrogens (tertiary/aromatic N) is 4. The lowest BCUT2D eigenvalue weighted by Crippen LogP contribution is -2.43. The van der Waals surface area contributed by atoms with Crippen LogP contribution in [0.3, 0.4) is 0 Å². The van der Waals surface area contributed by atoms with E-state index in [1.54, 1.807) is 34.3 Å². The standard InChI is InChI=1S/C46H50N8O6.C5H10O/c1-6-21-53(42(55)26-49-45(57)59-4)28-40-48-25-39(51-40)37-20-19-35-22-34(17-18-36(35)23-37)31-13-15-32(16-14-31)38-24-47-41(50-38)29-54(27-30(3)7-2)44(56)43(52-46(58)60-5)33-11-9-8-10-12-33;1-2-4-6-5-3-1/h8-20,22-25,43H,3,6-7,21,26-29H2,1-2,4-5H3,(H,47,50)(H,48,51)(H,49,57)(H,52,58);1-5H2. The third-order valence-corrected chi connectivity index (χ3v) is 11.2. The lowest BCUT2D eigenvalue weighted by molar-refractivity contribution is -0.134.